The second kappa shape index (κ2) is 8.13. The van der Waals surface area contributed by atoms with E-state index in [1.54, 1.807) is 30.5 Å². The summed E-state index contributed by atoms with van der Waals surface area (Å²) in [6.07, 6.45) is 1.65. The number of hydrogen-bond acceptors (Lipinski definition) is 9. The van der Waals surface area contributed by atoms with E-state index in [2.05, 4.69) is 30.1 Å². The minimum atomic E-state index is -2.87. The number of aromatic nitrogens is 5. The van der Waals surface area contributed by atoms with Crippen molar-refractivity contribution in [1.82, 2.24) is 25.3 Å². The standard InChI is InChI=1S/C17H11F2N5O3S/c18-16(19)25-11-6-4-10(5-7-11)15-22-23-17(26-15)28-9-13-21-14(24-27-13)12-3-1-2-8-20-12/h1-8,16H,9H2. The topological polar surface area (TPSA) is 100.0 Å². The molecule has 0 amide bonds. The van der Waals surface area contributed by atoms with E-state index in [9.17, 15) is 8.78 Å². The van der Waals surface area contributed by atoms with Gasteiger partial charge in [0.2, 0.25) is 17.6 Å². The van der Waals surface area contributed by atoms with Crippen molar-refractivity contribution < 1.29 is 22.5 Å². The quantitative estimate of drug-likeness (QED) is 0.423. The van der Waals surface area contributed by atoms with E-state index in [0.29, 0.717) is 33.9 Å². The molecule has 0 unspecified atom stereocenters. The molecule has 0 spiro atoms. The maximum Gasteiger partial charge on any atom is 0.387 e. The van der Waals surface area contributed by atoms with Crippen molar-refractivity contribution in [2.24, 2.45) is 0 Å². The summed E-state index contributed by atoms with van der Waals surface area (Å²) in [5.41, 5.74) is 1.19. The number of benzene rings is 1. The van der Waals surface area contributed by atoms with Gasteiger partial charge in [-0.2, -0.15) is 13.8 Å². The molecule has 3 heterocycles. The minimum absolute atomic E-state index is 0.0490. The fourth-order valence-corrected chi connectivity index (χ4v) is 2.80. The Morgan fingerprint density at radius 2 is 1.93 bits per heavy atom. The highest BCUT2D eigenvalue weighted by atomic mass is 32.2. The minimum Gasteiger partial charge on any atom is -0.435 e. The third-order valence-electron chi connectivity index (χ3n) is 3.41. The van der Waals surface area contributed by atoms with Crippen LogP contribution >= 0.6 is 11.8 Å². The smallest absolute Gasteiger partial charge is 0.387 e. The molecule has 0 N–H and O–H groups in total. The van der Waals surface area contributed by atoms with E-state index in [4.69, 9.17) is 8.94 Å². The first kappa shape index (κ1) is 18.0. The largest absolute Gasteiger partial charge is 0.435 e. The van der Waals surface area contributed by atoms with Crippen molar-refractivity contribution in [1.29, 1.82) is 0 Å². The zero-order valence-corrected chi connectivity index (χ0v) is 14.8. The Labute approximate surface area is 161 Å². The van der Waals surface area contributed by atoms with Gasteiger partial charge in [-0.25, -0.2) is 0 Å². The van der Waals surface area contributed by atoms with Crippen LogP contribution in [0, 0.1) is 0 Å². The molecule has 4 aromatic rings. The first-order valence-corrected chi connectivity index (χ1v) is 8.91. The molecule has 0 bridgehead atoms. The molecule has 0 fully saturated rings. The van der Waals surface area contributed by atoms with Gasteiger partial charge < -0.3 is 13.7 Å². The molecule has 1 aromatic carbocycles. The number of ether oxygens (including phenoxy) is 1. The second-order valence-corrected chi connectivity index (χ2v) is 6.22. The zero-order chi connectivity index (χ0) is 19.3. The summed E-state index contributed by atoms with van der Waals surface area (Å²) in [6.45, 7) is -2.87. The predicted molar refractivity (Wildman–Crippen MR) is 93.5 cm³/mol. The summed E-state index contributed by atoms with van der Waals surface area (Å²) in [4.78, 5) is 8.42. The van der Waals surface area contributed by atoms with Crippen LogP contribution in [0.15, 0.2) is 62.8 Å². The monoisotopic (exact) mass is 403 g/mol. The summed E-state index contributed by atoms with van der Waals surface area (Å²) in [5, 5.41) is 12.1. The van der Waals surface area contributed by atoms with Crippen LogP contribution in [0.2, 0.25) is 0 Å². The van der Waals surface area contributed by atoms with Gasteiger partial charge in [0.05, 0.1) is 5.75 Å². The molecule has 8 nitrogen and oxygen atoms in total. The summed E-state index contributed by atoms with van der Waals surface area (Å²) >= 11 is 1.23. The molecule has 4 rings (SSSR count). The van der Waals surface area contributed by atoms with Crippen LogP contribution in [0.4, 0.5) is 8.78 Å². The molecule has 0 saturated heterocycles. The van der Waals surface area contributed by atoms with E-state index >= 15 is 0 Å². The van der Waals surface area contributed by atoms with E-state index in [0.717, 1.165) is 0 Å². The lowest BCUT2D eigenvalue weighted by Crippen LogP contribution is -2.01. The Morgan fingerprint density at radius 1 is 1.07 bits per heavy atom. The van der Waals surface area contributed by atoms with Crippen LogP contribution in [0.3, 0.4) is 0 Å². The Bertz CT molecular complexity index is 1040. The predicted octanol–water partition coefficient (Wildman–Crippen LogP) is 4.08. The van der Waals surface area contributed by atoms with Crippen molar-refractivity contribution in [2.45, 2.75) is 17.6 Å². The number of hydrogen-bond donors (Lipinski definition) is 0. The molecule has 0 aliphatic carbocycles. The lowest BCUT2D eigenvalue weighted by molar-refractivity contribution is -0.0498. The lowest BCUT2D eigenvalue weighted by atomic mass is 10.2. The Balaban J connectivity index is 1.38. The Kier molecular flexibility index (Phi) is 5.24. The van der Waals surface area contributed by atoms with Gasteiger partial charge in [-0.1, -0.05) is 23.0 Å². The van der Waals surface area contributed by atoms with Crippen LogP contribution < -0.4 is 4.74 Å². The molecule has 11 heteroatoms. The SMILES string of the molecule is FC(F)Oc1ccc(-c2nnc(SCc3nc(-c4ccccn4)no3)o2)cc1. The molecule has 0 atom stereocenters. The molecular formula is C17H11F2N5O3S. The van der Waals surface area contributed by atoms with Crippen molar-refractivity contribution in [3.8, 4) is 28.7 Å². The third-order valence-corrected chi connectivity index (χ3v) is 4.22. The van der Waals surface area contributed by atoms with Crippen molar-refractivity contribution in [3.63, 3.8) is 0 Å². The molecule has 28 heavy (non-hydrogen) atoms. The van der Waals surface area contributed by atoms with Gasteiger partial charge in [0.15, 0.2) is 0 Å². The van der Waals surface area contributed by atoms with Crippen LogP contribution in [-0.2, 0) is 5.75 Å². The molecule has 0 aliphatic heterocycles. The molecule has 142 valence electrons. The fraction of sp³-hybridized carbons (Fsp3) is 0.118. The summed E-state index contributed by atoms with van der Waals surface area (Å²) < 4.78 is 39.4. The van der Waals surface area contributed by atoms with Crippen molar-refractivity contribution in [2.75, 3.05) is 0 Å². The first-order valence-electron chi connectivity index (χ1n) is 7.93. The fourth-order valence-electron chi connectivity index (χ4n) is 2.20. The van der Waals surface area contributed by atoms with Gasteiger partial charge in [0, 0.05) is 11.8 Å². The molecule has 0 aliphatic rings. The van der Waals surface area contributed by atoms with Gasteiger partial charge in [-0.15, -0.1) is 10.2 Å². The van der Waals surface area contributed by atoms with Gasteiger partial charge in [-0.05, 0) is 36.4 Å². The maximum absolute atomic E-state index is 12.2. The molecule has 0 radical (unpaired) electrons. The number of rotatable bonds is 7. The summed E-state index contributed by atoms with van der Waals surface area (Å²) in [6, 6.07) is 11.3. The molecule has 3 aromatic heterocycles. The number of nitrogens with zero attached hydrogens (tertiary/aromatic N) is 5. The van der Waals surface area contributed by atoms with Gasteiger partial charge in [0.1, 0.15) is 11.4 Å². The van der Waals surface area contributed by atoms with E-state index < -0.39 is 6.61 Å². The van der Waals surface area contributed by atoms with Crippen molar-refractivity contribution >= 4 is 11.8 Å². The van der Waals surface area contributed by atoms with Gasteiger partial charge in [0.25, 0.3) is 5.22 Å². The molecule has 0 saturated carbocycles. The van der Waals surface area contributed by atoms with E-state index in [1.165, 1.54) is 23.9 Å². The van der Waals surface area contributed by atoms with Crippen LogP contribution in [0.25, 0.3) is 23.0 Å². The van der Waals surface area contributed by atoms with E-state index in [-0.39, 0.29) is 11.6 Å². The maximum atomic E-state index is 12.2. The van der Waals surface area contributed by atoms with Crippen LogP contribution in [-0.4, -0.2) is 31.9 Å². The number of alkyl halides is 2. The highest BCUT2D eigenvalue weighted by Gasteiger charge is 2.14. The van der Waals surface area contributed by atoms with Crippen LogP contribution in [0.5, 0.6) is 5.75 Å². The average molecular weight is 403 g/mol. The Morgan fingerprint density at radius 3 is 2.68 bits per heavy atom. The number of halogens is 2. The molecular weight excluding hydrogens is 392 g/mol. The van der Waals surface area contributed by atoms with Gasteiger partial charge >= 0.3 is 6.61 Å². The lowest BCUT2D eigenvalue weighted by Gasteiger charge is -2.03. The zero-order valence-electron chi connectivity index (χ0n) is 14.0. The van der Waals surface area contributed by atoms with Crippen molar-refractivity contribution in [3.05, 3.63) is 54.6 Å². The van der Waals surface area contributed by atoms with Gasteiger partial charge in [-0.3, -0.25) is 4.98 Å². The number of pyridine rings is 1. The average Bonchev–Trinajstić information content (AvgIpc) is 3.37. The van der Waals surface area contributed by atoms with Crippen LogP contribution in [0.1, 0.15) is 5.89 Å². The second-order valence-electron chi connectivity index (χ2n) is 5.29. The highest BCUT2D eigenvalue weighted by Crippen LogP contribution is 2.27. The highest BCUT2D eigenvalue weighted by molar-refractivity contribution is 7.98. The normalized spacial score (nSPS) is 11.1. The number of thioether (sulfide) groups is 1. The third kappa shape index (κ3) is 4.31. The Hall–Kier alpha value is -3.34. The summed E-state index contributed by atoms with van der Waals surface area (Å²) in [5.74, 6) is 1.43. The summed E-state index contributed by atoms with van der Waals surface area (Å²) in [7, 11) is 0. The van der Waals surface area contributed by atoms with E-state index in [1.807, 2.05) is 6.07 Å². The first-order chi connectivity index (χ1) is 13.7.